The molecule has 1 aromatic rings. The molecule has 0 N–H and O–H groups in total. The Bertz CT molecular complexity index is 366. The topological polar surface area (TPSA) is 26.3 Å². The molecule has 0 heterocycles. The predicted octanol–water partition coefficient (Wildman–Crippen LogP) is 2.76. The average molecular weight is 211 g/mol. The second-order valence-corrected chi connectivity index (χ2v) is 4.03. The molecule has 0 saturated heterocycles. The normalized spacial score (nSPS) is 16.6. The predicted molar refractivity (Wildman–Crippen MR) is 54.8 cm³/mol. The Kier molecular flexibility index (Phi) is 2.46. The Morgan fingerprint density at radius 2 is 2.14 bits per heavy atom. The Hall–Kier alpha value is -1.02. The van der Waals surface area contributed by atoms with E-state index in [0.29, 0.717) is 23.6 Å². The molecule has 0 aliphatic heterocycles. The molecule has 1 aliphatic rings. The molecule has 3 heteroatoms. The van der Waals surface area contributed by atoms with Gasteiger partial charge in [0.1, 0.15) is 17.6 Å². The Balaban J connectivity index is 2.08. The minimum atomic E-state index is 0.0294. The van der Waals surface area contributed by atoms with Crippen molar-refractivity contribution in [2.24, 2.45) is 0 Å². The average Bonchev–Trinajstić information content (AvgIpc) is 2.09. The van der Waals surface area contributed by atoms with Crippen molar-refractivity contribution in [2.75, 3.05) is 0 Å². The number of carbonyl (C=O) groups is 1. The third-order valence-electron chi connectivity index (χ3n) is 2.29. The quantitative estimate of drug-likeness (QED) is 0.751. The van der Waals surface area contributed by atoms with Crippen molar-refractivity contribution in [3.8, 4) is 5.75 Å². The molecule has 2 nitrogen and oxygen atoms in total. The summed E-state index contributed by atoms with van der Waals surface area (Å²) in [5.41, 5.74) is 1.11. The number of benzene rings is 1. The van der Waals surface area contributed by atoms with Gasteiger partial charge in [-0.25, -0.2) is 0 Å². The molecule has 0 amide bonds. The zero-order valence-corrected chi connectivity index (χ0v) is 8.67. The third kappa shape index (κ3) is 1.90. The van der Waals surface area contributed by atoms with E-state index in [0.717, 1.165) is 5.56 Å². The van der Waals surface area contributed by atoms with Gasteiger partial charge >= 0.3 is 0 Å². The minimum Gasteiger partial charge on any atom is -0.488 e. The van der Waals surface area contributed by atoms with Crippen LogP contribution in [0.25, 0.3) is 0 Å². The number of hydrogen-bond acceptors (Lipinski definition) is 2. The lowest BCUT2D eigenvalue weighted by Crippen LogP contribution is -2.33. The van der Waals surface area contributed by atoms with E-state index in [2.05, 4.69) is 0 Å². The van der Waals surface area contributed by atoms with Crippen molar-refractivity contribution < 1.29 is 9.53 Å². The summed E-state index contributed by atoms with van der Waals surface area (Å²) < 4.78 is 5.58. The molecular formula is C11H11ClO2. The molecule has 1 aliphatic carbocycles. The van der Waals surface area contributed by atoms with Gasteiger partial charge in [-0.15, -0.1) is 0 Å². The van der Waals surface area contributed by atoms with Crippen LogP contribution in [-0.2, 0) is 4.79 Å². The highest BCUT2D eigenvalue weighted by molar-refractivity contribution is 6.32. The van der Waals surface area contributed by atoms with Crippen molar-refractivity contribution in [2.45, 2.75) is 25.9 Å². The Morgan fingerprint density at radius 3 is 2.79 bits per heavy atom. The van der Waals surface area contributed by atoms with Gasteiger partial charge in [0.25, 0.3) is 0 Å². The third-order valence-corrected chi connectivity index (χ3v) is 2.60. The number of ether oxygens (including phenoxy) is 1. The fourth-order valence-electron chi connectivity index (χ4n) is 1.41. The first kappa shape index (κ1) is 9.53. The maximum Gasteiger partial charge on any atom is 0.140 e. The molecule has 14 heavy (non-hydrogen) atoms. The van der Waals surface area contributed by atoms with Gasteiger partial charge in [0.15, 0.2) is 0 Å². The lowest BCUT2D eigenvalue weighted by Gasteiger charge is -2.25. The zero-order chi connectivity index (χ0) is 10.1. The first-order chi connectivity index (χ1) is 6.65. The maximum atomic E-state index is 10.7. The highest BCUT2D eigenvalue weighted by Crippen LogP contribution is 2.29. The van der Waals surface area contributed by atoms with Crippen molar-refractivity contribution in [3.05, 3.63) is 28.8 Å². The lowest BCUT2D eigenvalue weighted by atomic mass is 9.94. The fourth-order valence-corrected chi connectivity index (χ4v) is 1.57. The molecule has 1 saturated carbocycles. The lowest BCUT2D eigenvalue weighted by molar-refractivity contribution is -0.129. The Labute approximate surface area is 87.8 Å². The van der Waals surface area contributed by atoms with Crippen molar-refractivity contribution in [1.82, 2.24) is 0 Å². The summed E-state index contributed by atoms with van der Waals surface area (Å²) in [6, 6.07) is 5.64. The van der Waals surface area contributed by atoms with Crippen molar-refractivity contribution in [1.29, 1.82) is 0 Å². The monoisotopic (exact) mass is 210 g/mol. The van der Waals surface area contributed by atoms with Gasteiger partial charge in [0.2, 0.25) is 0 Å². The van der Waals surface area contributed by atoms with Crippen LogP contribution in [-0.4, -0.2) is 11.9 Å². The van der Waals surface area contributed by atoms with Gasteiger partial charge in [0, 0.05) is 12.8 Å². The van der Waals surface area contributed by atoms with Gasteiger partial charge in [-0.2, -0.15) is 0 Å². The molecule has 0 unspecified atom stereocenters. The van der Waals surface area contributed by atoms with Gasteiger partial charge in [0.05, 0.1) is 5.02 Å². The molecule has 0 atom stereocenters. The molecule has 0 bridgehead atoms. The van der Waals surface area contributed by atoms with E-state index in [4.69, 9.17) is 16.3 Å². The summed E-state index contributed by atoms with van der Waals surface area (Å²) in [5.74, 6) is 0.947. The van der Waals surface area contributed by atoms with Crippen LogP contribution in [0.2, 0.25) is 5.02 Å². The summed E-state index contributed by atoms with van der Waals surface area (Å²) in [5, 5.41) is 0.606. The first-order valence-electron chi connectivity index (χ1n) is 4.59. The molecule has 0 aromatic heterocycles. The van der Waals surface area contributed by atoms with Crippen LogP contribution < -0.4 is 4.74 Å². The van der Waals surface area contributed by atoms with Gasteiger partial charge < -0.3 is 4.74 Å². The van der Waals surface area contributed by atoms with Gasteiger partial charge in [-0.05, 0) is 24.6 Å². The number of Topliss-reactive ketones (excluding diaryl/α,β-unsaturated/α-hetero) is 1. The number of aryl methyl sites for hydroxylation is 1. The summed E-state index contributed by atoms with van der Waals surface area (Å²) >= 11 is 5.95. The number of hydrogen-bond donors (Lipinski definition) is 0. The van der Waals surface area contributed by atoms with Crippen LogP contribution in [0.4, 0.5) is 0 Å². The highest BCUT2D eigenvalue weighted by atomic mass is 35.5. The smallest absolute Gasteiger partial charge is 0.140 e. The van der Waals surface area contributed by atoms with Crippen LogP contribution in [0.5, 0.6) is 5.75 Å². The zero-order valence-electron chi connectivity index (χ0n) is 7.92. The van der Waals surface area contributed by atoms with E-state index in [9.17, 15) is 4.79 Å². The van der Waals surface area contributed by atoms with Gasteiger partial charge in [-0.1, -0.05) is 17.7 Å². The van der Waals surface area contributed by atoms with E-state index in [1.807, 2.05) is 25.1 Å². The second-order valence-electron chi connectivity index (χ2n) is 3.62. The second kappa shape index (κ2) is 3.62. The molecule has 1 fully saturated rings. The molecule has 2 rings (SSSR count). The number of carbonyl (C=O) groups excluding carboxylic acids is 1. The summed E-state index contributed by atoms with van der Waals surface area (Å²) in [7, 11) is 0. The van der Waals surface area contributed by atoms with Crippen LogP contribution in [0.15, 0.2) is 18.2 Å². The maximum absolute atomic E-state index is 10.7. The summed E-state index contributed by atoms with van der Waals surface area (Å²) in [6.07, 6.45) is 1.07. The molecule has 0 radical (unpaired) electrons. The van der Waals surface area contributed by atoms with E-state index >= 15 is 0 Å². The molecule has 0 spiro atoms. The van der Waals surface area contributed by atoms with Crippen LogP contribution >= 0.6 is 11.6 Å². The van der Waals surface area contributed by atoms with E-state index in [1.165, 1.54) is 0 Å². The summed E-state index contributed by atoms with van der Waals surface area (Å²) in [6.45, 7) is 1.98. The van der Waals surface area contributed by atoms with E-state index in [1.54, 1.807) is 0 Å². The van der Waals surface area contributed by atoms with Gasteiger partial charge in [-0.3, -0.25) is 4.79 Å². The first-order valence-corrected chi connectivity index (χ1v) is 4.97. The summed E-state index contributed by atoms with van der Waals surface area (Å²) in [4.78, 5) is 10.7. The van der Waals surface area contributed by atoms with Crippen LogP contribution in [0.1, 0.15) is 18.4 Å². The number of halogens is 1. The minimum absolute atomic E-state index is 0.0294. The van der Waals surface area contributed by atoms with Crippen molar-refractivity contribution in [3.63, 3.8) is 0 Å². The Morgan fingerprint density at radius 1 is 1.43 bits per heavy atom. The highest BCUT2D eigenvalue weighted by Gasteiger charge is 2.28. The molecule has 1 aromatic carbocycles. The van der Waals surface area contributed by atoms with E-state index in [-0.39, 0.29) is 11.9 Å². The van der Waals surface area contributed by atoms with E-state index < -0.39 is 0 Å². The molecule has 74 valence electrons. The fraction of sp³-hybridized carbons (Fsp3) is 0.364. The number of ketones is 1. The SMILES string of the molecule is Cc1ccc(Cl)c(OC2CC(=O)C2)c1. The van der Waals surface area contributed by atoms with Crippen LogP contribution in [0, 0.1) is 6.92 Å². The van der Waals surface area contributed by atoms with Crippen LogP contribution in [0.3, 0.4) is 0 Å². The number of rotatable bonds is 2. The van der Waals surface area contributed by atoms with Crippen molar-refractivity contribution >= 4 is 17.4 Å². The molecular weight excluding hydrogens is 200 g/mol. The standard InChI is InChI=1S/C11H11ClO2/c1-7-2-3-10(12)11(4-7)14-9-5-8(13)6-9/h2-4,9H,5-6H2,1H3. The largest absolute Gasteiger partial charge is 0.488 e.